The topological polar surface area (TPSA) is 66.5 Å². The number of ether oxygens (including phenoxy) is 1. The van der Waals surface area contributed by atoms with E-state index in [9.17, 15) is 4.79 Å². The third-order valence-corrected chi connectivity index (χ3v) is 2.58. The maximum atomic E-state index is 11.6. The van der Waals surface area contributed by atoms with Crippen LogP contribution in [-0.2, 0) is 4.79 Å². The molecule has 0 saturated carbocycles. The molecule has 20 heavy (non-hydrogen) atoms. The normalized spacial score (nSPS) is 10.7. The van der Waals surface area contributed by atoms with Crippen LogP contribution in [-0.4, -0.2) is 23.7 Å². The lowest BCUT2D eigenvalue weighted by molar-refractivity contribution is -0.123. The van der Waals surface area contributed by atoms with E-state index >= 15 is 0 Å². The predicted octanol–water partition coefficient (Wildman–Crippen LogP) is 2.16. The van der Waals surface area contributed by atoms with Crippen LogP contribution in [0.1, 0.15) is 16.8 Å². The van der Waals surface area contributed by atoms with Gasteiger partial charge < -0.3 is 9.72 Å². The summed E-state index contributed by atoms with van der Waals surface area (Å²) in [6, 6.07) is 9.53. The van der Waals surface area contributed by atoms with Crippen LogP contribution in [0.3, 0.4) is 0 Å². The number of nitrogens with zero attached hydrogens (tertiary/aromatic N) is 1. The van der Waals surface area contributed by atoms with Crippen LogP contribution in [0.5, 0.6) is 5.75 Å². The molecule has 0 radical (unpaired) electrons. The summed E-state index contributed by atoms with van der Waals surface area (Å²) in [5.74, 6) is 0.387. The quantitative estimate of drug-likeness (QED) is 0.646. The Kier molecular flexibility index (Phi) is 4.55. The summed E-state index contributed by atoms with van der Waals surface area (Å²) in [5, 5.41) is 3.83. The van der Waals surface area contributed by atoms with E-state index in [0.717, 1.165) is 16.8 Å². The summed E-state index contributed by atoms with van der Waals surface area (Å²) in [6.45, 7) is 3.91. The first-order valence-electron chi connectivity index (χ1n) is 6.30. The smallest absolute Gasteiger partial charge is 0.277 e. The Labute approximate surface area is 117 Å². The fraction of sp³-hybridized carbons (Fsp3) is 0.200. The highest BCUT2D eigenvalue weighted by molar-refractivity contribution is 5.81. The Morgan fingerprint density at radius 2 is 2.10 bits per heavy atom. The van der Waals surface area contributed by atoms with Crippen LogP contribution in [0.15, 0.2) is 41.6 Å². The predicted molar refractivity (Wildman–Crippen MR) is 77.9 cm³/mol. The van der Waals surface area contributed by atoms with Crippen molar-refractivity contribution in [3.63, 3.8) is 0 Å². The van der Waals surface area contributed by atoms with Crippen molar-refractivity contribution in [2.24, 2.45) is 5.10 Å². The van der Waals surface area contributed by atoms with Crippen molar-refractivity contribution in [2.75, 3.05) is 6.61 Å². The molecule has 2 N–H and O–H groups in total. The van der Waals surface area contributed by atoms with Crippen molar-refractivity contribution < 1.29 is 9.53 Å². The van der Waals surface area contributed by atoms with Crippen LogP contribution >= 0.6 is 0 Å². The zero-order chi connectivity index (χ0) is 14.4. The Bertz CT molecular complexity index is 583. The number of aromatic amines is 1. The van der Waals surface area contributed by atoms with E-state index in [1.54, 1.807) is 6.20 Å². The number of nitrogens with one attached hydrogen (secondary N) is 2. The van der Waals surface area contributed by atoms with Crippen LogP contribution in [0.2, 0.25) is 0 Å². The summed E-state index contributed by atoms with van der Waals surface area (Å²) in [4.78, 5) is 14.5. The third-order valence-electron chi connectivity index (χ3n) is 2.58. The highest BCUT2D eigenvalue weighted by Gasteiger charge is 2.02. The molecule has 104 valence electrons. The molecule has 1 amide bonds. The van der Waals surface area contributed by atoms with Gasteiger partial charge in [-0.05, 0) is 49.2 Å². The molecule has 1 heterocycles. The Hall–Kier alpha value is -2.56. The molecule has 5 heteroatoms. The number of carbonyl (C=O) groups excluding carboxylic acids is 1. The van der Waals surface area contributed by atoms with Gasteiger partial charge >= 0.3 is 0 Å². The number of hydrogen-bond donors (Lipinski definition) is 2. The van der Waals surface area contributed by atoms with E-state index in [1.165, 1.54) is 6.21 Å². The number of aromatic nitrogens is 1. The van der Waals surface area contributed by atoms with Gasteiger partial charge in [0.15, 0.2) is 6.61 Å². The highest BCUT2D eigenvalue weighted by Crippen LogP contribution is 2.15. The van der Waals surface area contributed by atoms with Gasteiger partial charge in [0.05, 0.1) is 11.9 Å². The molecular formula is C15H17N3O2. The first-order valence-corrected chi connectivity index (χ1v) is 6.30. The molecule has 0 bridgehead atoms. The summed E-state index contributed by atoms with van der Waals surface area (Å²) < 4.78 is 5.42. The maximum Gasteiger partial charge on any atom is 0.277 e. The first-order chi connectivity index (χ1) is 9.63. The molecular weight excluding hydrogens is 254 g/mol. The average Bonchev–Trinajstić information content (AvgIpc) is 2.88. The lowest BCUT2D eigenvalue weighted by atomic mass is 10.1. The Morgan fingerprint density at radius 3 is 2.75 bits per heavy atom. The molecule has 0 atom stereocenters. The summed E-state index contributed by atoms with van der Waals surface area (Å²) in [5.41, 5.74) is 5.43. The zero-order valence-corrected chi connectivity index (χ0v) is 11.5. The van der Waals surface area contributed by atoms with E-state index in [0.29, 0.717) is 5.75 Å². The molecule has 0 aliphatic rings. The summed E-state index contributed by atoms with van der Waals surface area (Å²) >= 11 is 0. The number of rotatable bonds is 5. The van der Waals surface area contributed by atoms with E-state index in [1.807, 2.05) is 44.2 Å². The summed E-state index contributed by atoms with van der Waals surface area (Å²) in [7, 11) is 0. The molecule has 1 aromatic heterocycles. The lowest BCUT2D eigenvalue weighted by Crippen LogP contribution is -2.24. The third kappa shape index (κ3) is 4.28. The van der Waals surface area contributed by atoms with Crippen LogP contribution < -0.4 is 10.2 Å². The first kappa shape index (κ1) is 13.9. The van der Waals surface area contributed by atoms with Gasteiger partial charge in [0.2, 0.25) is 0 Å². The molecule has 5 nitrogen and oxygen atoms in total. The fourth-order valence-electron chi connectivity index (χ4n) is 1.80. The van der Waals surface area contributed by atoms with Crippen LogP contribution in [0.25, 0.3) is 0 Å². The van der Waals surface area contributed by atoms with Gasteiger partial charge in [0, 0.05) is 6.20 Å². The van der Waals surface area contributed by atoms with E-state index in [4.69, 9.17) is 4.74 Å². The maximum absolute atomic E-state index is 11.6. The number of aryl methyl sites for hydroxylation is 2. The van der Waals surface area contributed by atoms with Crippen molar-refractivity contribution in [1.82, 2.24) is 10.4 Å². The standard InChI is InChI=1S/C15H17N3O2/c1-11-6-12(2)8-14(7-11)20-10-15(19)18-17-9-13-4-3-5-16-13/h3-9,16H,10H2,1-2H3,(H,18,19)/b17-9+. The highest BCUT2D eigenvalue weighted by atomic mass is 16.5. The second-order valence-electron chi connectivity index (χ2n) is 4.53. The molecule has 0 aliphatic carbocycles. The minimum absolute atomic E-state index is 0.0645. The molecule has 2 aromatic rings. The van der Waals surface area contributed by atoms with Gasteiger partial charge in [-0.2, -0.15) is 5.10 Å². The van der Waals surface area contributed by atoms with Gasteiger partial charge in [0.1, 0.15) is 5.75 Å². The molecule has 0 saturated heterocycles. The van der Waals surface area contributed by atoms with Gasteiger partial charge in [-0.25, -0.2) is 5.43 Å². The molecule has 0 spiro atoms. The van der Waals surface area contributed by atoms with Gasteiger partial charge in [-0.15, -0.1) is 0 Å². The number of hydrogen-bond acceptors (Lipinski definition) is 3. The van der Waals surface area contributed by atoms with Crippen molar-refractivity contribution >= 4 is 12.1 Å². The van der Waals surface area contributed by atoms with Gasteiger partial charge in [-0.1, -0.05) is 6.07 Å². The largest absolute Gasteiger partial charge is 0.484 e. The van der Waals surface area contributed by atoms with Crippen LogP contribution in [0.4, 0.5) is 0 Å². The second kappa shape index (κ2) is 6.56. The number of hydrazone groups is 1. The van der Waals surface area contributed by atoms with Crippen molar-refractivity contribution in [1.29, 1.82) is 0 Å². The van der Waals surface area contributed by atoms with Crippen molar-refractivity contribution in [3.05, 3.63) is 53.3 Å². The minimum Gasteiger partial charge on any atom is -0.484 e. The van der Waals surface area contributed by atoms with E-state index < -0.39 is 0 Å². The Morgan fingerprint density at radius 1 is 1.35 bits per heavy atom. The molecule has 0 aliphatic heterocycles. The second-order valence-corrected chi connectivity index (χ2v) is 4.53. The number of benzene rings is 1. The number of H-pyrrole nitrogens is 1. The fourth-order valence-corrected chi connectivity index (χ4v) is 1.80. The monoisotopic (exact) mass is 271 g/mol. The molecule has 1 aromatic carbocycles. The average molecular weight is 271 g/mol. The SMILES string of the molecule is Cc1cc(C)cc(OCC(=O)N/N=C/c2ccc[nH]2)c1. The van der Waals surface area contributed by atoms with Gasteiger partial charge in [0.25, 0.3) is 5.91 Å². The minimum atomic E-state index is -0.299. The lowest BCUT2D eigenvalue weighted by Gasteiger charge is -2.07. The van der Waals surface area contributed by atoms with E-state index in [-0.39, 0.29) is 12.5 Å². The zero-order valence-electron chi connectivity index (χ0n) is 11.5. The van der Waals surface area contributed by atoms with Crippen LogP contribution in [0, 0.1) is 13.8 Å². The van der Waals surface area contributed by atoms with E-state index in [2.05, 4.69) is 15.5 Å². The summed E-state index contributed by atoms with van der Waals surface area (Å²) in [6.07, 6.45) is 3.32. The van der Waals surface area contributed by atoms with Gasteiger partial charge in [-0.3, -0.25) is 4.79 Å². The molecule has 2 rings (SSSR count). The molecule has 0 fully saturated rings. The number of carbonyl (C=O) groups is 1. The Balaban J connectivity index is 1.80. The van der Waals surface area contributed by atoms with Crippen molar-refractivity contribution in [3.8, 4) is 5.75 Å². The number of amides is 1. The van der Waals surface area contributed by atoms with Crippen molar-refractivity contribution in [2.45, 2.75) is 13.8 Å². The molecule has 0 unspecified atom stereocenters.